The Balaban J connectivity index is 0.000000461. The molecule has 2 nitrogen and oxygen atoms in total. The standard InChI is InChI=1S/C6H8N2S.C2H6/c1-9-5-2-3-6(7)8-4-5;1-2/h2-4H,1H3,(H2,7,8);1-2H3. The van der Waals surface area contributed by atoms with E-state index in [1.165, 1.54) is 0 Å². The van der Waals surface area contributed by atoms with Gasteiger partial charge in [-0.05, 0) is 18.4 Å². The van der Waals surface area contributed by atoms with Crippen LogP contribution in [0.3, 0.4) is 0 Å². The van der Waals surface area contributed by atoms with Gasteiger partial charge in [0, 0.05) is 11.1 Å². The van der Waals surface area contributed by atoms with Crippen molar-refractivity contribution in [3.05, 3.63) is 18.3 Å². The summed E-state index contributed by atoms with van der Waals surface area (Å²) in [5, 5.41) is 0. The molecule has 3 heteroatoms. The van der Waals surface area contributed by atoms with Crippen LogP contribution in [0.4, 0.5) is 5.82 Å². The van der Waals surface area contributed by atoms with Crippen LogP contribution in [0.5, 0.6) is 0 Å². The van der Waals surface area contributed by atoms with Crippen molar-refractivity contribution in [1.82, 2.24) is 4.98 Å². The van der Waals surface area contributed by atoms with E-state index in [1.54, 1.807) is 24.0 Å². The smallest absolute Gasteiger partial charge is 0.123 e. The second-order valence-corrected chi connectivity index (χ2v) is 2.50. The molecular formula is C8H14N2S. The molecule has 0 fully saturated rings. The Hall–Kier alpha value is -0.700. The summed E-state index contributed by atoms with van der Waals surface area (Å²) in [6.07, 6.45) is 3.77. The molecule has 1 aromatic rings. The highest BCUT2D eigenvalue weighted by molar-refractivity contribution is 7.98. The second kappa shape index (κ2) is 6.04. The van der Waals surface area contributed by atoms with Gasteiger partial charge in [-0.25, -0.2) is 4.98 Å². The van der Waals surface area contributed by atoms with E-state index in [0.717, 1.165) is 4.90 Å². The van der Waals surface area contributed by atoms with E-state index in [-0.39, 0.29) is 0 Å². The fourth-order valence-corrected chi connectivity index (χ4v) is 0.875. The van der Waals surface area contributed by atoms with Gasteiger partial charge < -0.3 is 5.73 Å². The number of nitrogen functional groups attached to an aromatic ring is 1. The summed E-state index contributed by atoms with van der Waals surface area (Å²) in [5.41, 5.74) is 5.36. The maximum atomic E-state index is 5.36. The molecule has 11 heavy (non-hydrogen) atoms. The second-order valence-electron chi connectivity index (χ2n) is 1.62. The Morgan fingerprint density at radius 2 is 2.00 bits per heavy atom. The van der Waals surface area contributed by atoms with Crippen LogP contribution >= 0.6 is 11.8 Å². The third-order valence-electron chi connectivity index (χ3n) is 0.995. The first-order chi connectivity index (χ1) is 5.33. The van der Waals surface area contributed by atoms with Crippen LogP contribution in [0.15, 0.2) is 23.2 Å². The Bertz CT molecular complexity index is 184. The molecule has 0 aliphatic heterocycles. The van der Waals surface area contributed by atoms with Crippen molar-refractivity contribution in [2.45, 2.75) is 18.7 Å². The first-order valence-electron chi connectivity index (χ1n) is 3.58. The van der Waals surface area contributed by atoms with Gasteiger partial charge in [0.15, 0.2) is 0 Å². The number of thioether (sulfide) groups is 1. The summed E-state index contributed by atoms with van der Waals surface area (Å²) in [6, 6.07) is 3.75. The van der Waals surface area contributed by atoms with Gasteiger partial charge >= 0.3 is 0 Å². The van der Waals surface area contributed by atoms with E-state index in [0.29, 0.717) is 5.82 Å². The normalized spacial score (nSPS) is 8.27. The van der Waals surface area contributed by atoms with Crippen LogP contribution in [0.2, 0.25) is 0 Å². The number of anilines is 1. The van der Waals surface area contributed by atoms with E-state index in [4.69, 9.17) is 5.73 Å². The SMILES string of the molecule is CC.CSc1ccc(N)nc1. The number of hydrogen-bond acceptors (Lipinski definition) is 3. The first kappa shape index (κ1) is 10.3. The maximum Gasteiger partial charge on any atom is 0.123 e. The molecule has 2 N–H and O–H groups in total. The molecule has 0 spiro atoms. The molecule has 1 rings (SSSR count). The molecule has 1 heterocycles. The van der Waals surface area contributed by atoms with Crippen molar-refractivity contribution < 1.29 is 0 Å². The lowest BCUT2D eigenvalue weighted by molar-refractivity contribution is 1.25. The zero-order chi connectivity index (χ0) is 8.69. The lowest BCUT2D eigenvalue weighted by Crippen LogP contribution is -1.87. The Morgan fingerprint density at radius 1 is 1.36 bits per heavy atom. The minimum atomic E-state index is 0.577. The highest BCUT2D eigenvalue weighted by Crippen LogP contribution is 2.12. The molecule has 0 radical (unpaired) electrons. The summed E-state index contributed by atoms with van der Waals surface area (Å²) in [6.45, 7) is 4.00. The number of nitrogens with two attached hydrogens (primary N) is 1. The molecule has 0 saturated carbocycles. The van der Waals surface area contributed by atoms with Gasteiger partial charge in [0.05, 0.1) is 0 Å². The van der Waals surface area contributed by atoms with E-state index >= 15 is 0 Å². The fourth-order valence-electron chi connectivity index (χ4n) is 0.512. The summed E-state index contributed by atoms with van der Waals surface area (Å²) in [7, 11) is 0. The van der Waals surface area contributed by atoms with Gasteiger partial charge in [0.2, 0.25) is 0 Å². The summed E-state index contributed by atoms with van der Waals surface area (Å²) in [4.78, 5) is 5.05. The molecule has 0 aliphatic rings. The number of nitrogens with zero attached hydrogens (tertiary/aromatic N) is 1. The molecular weight excluding hydrogens is 156 g/mol. The van der Waals surface area contributed by atoms with Crippen LogP contribution in [0.25, 0.3) is 0 Å². The third kappa shape index (κ3) is 3.88. The summed E-state index contributed by atoms with van der Waals surface area (Å²) < 4.78 is 0. The molecule has 1 aromatic heterocycles. The van der Waals surface area contributed by atoms with Gasteiger partial charge in [0.25, 0.3) is 0 Å². The van der Waals surface area contributed by atoms with Gasteiger partial charge in [0.1, 0.15) is 5.82 Å². The fraction of sp³-hybridized carbons (Fsp3) is 0.375. The molecule has 0 atom stereocenters. The van der Waals surface area contributed by atoms with Crippen molar-refractivity contribution in [3.8, 4) is 0 Å². The van der Waals surface area contributed by atoms with Crippen LogP contribution in [0, 0.1) is 0 Å². The first-order valence-corrected chi connectivity index (χ1v) is 4.81. The van der Waals surface area contributed by atoms with Crippen LogP contribution in [-0.4, -0.2) is 11.2 Å². The monoisotopic (exact) mass is 170 g/mol. The van der Waals surface area contributed by atoms with Gasteiger partial charge in [-0.3, -0.25) is 0 Å². The number of aromatic nitrogens is 1. The van der Waals surface area contributed by atoms with E-state index in [9.17, 15) is 0 Å². The molecule has 62 valence electrons. The minimum absolute atomic E-state index is 0.577. The lowest BCUT2D eigenvalue weighted by Gasteiger charge is -1.93. The van der Waals surface area contributed by atoms with E-state index in [2.05, 4.69) is 4.98 Å². The van der Waals surface area contributed by atoms with E-state index < -0.39 is 0 Å². The van der Waals surface area contributed by atoms with Crippen molar-refractivity contribution >= 4 is 17.6 Å². The summed E-state index contributed by atoms with van der Waals surface area (Å²) >= 11 is 1.66. The average molecular weight is 170 g/mol. The number of hydrogen-bond donors (Lipinski definition) is 1. The minimum Gasteiger partial charge on any atom is -0.384 e. The molecule has 0 aliphatic carbocycles. The van der Waals surface area contributed by atoms with Crippen LogP contribution in [-0.2, 0) is 0 Å². The van der Waals surface area contributed by atoms with Gasteiger partial charge in [-0.1, -0.05) is 13.8 Å². The van der Waals surface area contributed by atoms with Crippen molar-refractivity contribution in [2.24, 2.45) is 0 Å². The summed E-state index contributed by atoms with van der Waals surface area (Å²) in [5.74, 6) is 0.577. The largest absolute Gasteiger partial charge is 0.384 e. The number of pyridine rings is 1. The number of rotatable bonds is 1. The average Bonchev–Trinajstić information content (AvgIpc) is 2.10. The topological polar surface area (TPSA) is 38.9 Å². The van der Waals surface area contributed by atoms with Crippen LogP contribution in [0.1, 0.15) is 13.8 Å². The maximum absolute atomic E-state index is 5.36. The van der Waals surface area contributed by atoms with Crippen molar-refractivity contribution in [2.75, 3.05) is 12.0 Å². The van der Waals surface area contributed by atoms with E-state index in [1.807, 2.05) is 26.2 Å². The highest BCUT2D eigenvalue weighted by Gasteiger charge is 1.87. The Labute approximate surface area is 72.2 Å². The van der Waals surface area contributed by atoms with Gasteiger partial charge in [-0.2, -0.15) is 0 Å². The zero-order valence-corrected chi connectivity index (χ0v) is 7.98. The highest BCUT2D eigenvalue weighted by atomic mass is 32.2. The zero-order valence-electron chi connectivity index (χ0n) is 7.16. The molecule has 0 unspecified atom stereocenters. The lowest BCUT2D eigenvalue weighted by atomic mass is 10.5. The third-order valence-corrected chi connectivity index (χ3v) is 1.71. The quantitative estimate of drug-likeness (QED) is 0.658. The van der Waals surface area contributed by atoms with Crippen molar-refractivity contribution in [3.63, 3.8) is 0 Å². The molecule has 0 saturated heterocycles. The predicted molar refractivity (Wildman–Crippen MR) is 51.8 cm³/mol. The molecule has 0 aromatic carbocycles. The van der Waals surface area contributed by atoms with Gasteiger partial charge in [-0.15, -0.1) is 11.8 Å². The van der Waals surface area contributed by atoms with Crippen LogP contribution < -0.4 is 5.73 Å². The Morgan fingerprint density at radius 3 is 2.36 bits per heavy atom. The van der Waals surface area contributed by atoms with Crippen molar-refractivity contribution in [1.29, 1.82) is 0 Å². The molecule has 0 amide bonds. The predicted octanol–water partition coefficient (Wildman–Crippen LogP) is 2.41. The Kier molecular flexibility index (Phi) is 5.65. The molecule has 0 bridgehead atoms.